The third-order valence-electron chi connectivity index (χ3n) is 3.24. The first-order chi connectivity index (χ1) is 10.6. The van der Waals surface area contributed by atoms with Crippen molar-refractivity contribution in [1.29, 1.82) is 0 Å². The maximum absolute atomic E-state index is 11.7. The number of rotatable bonds is 4. The second kappa shape index (κ2) is 7.31. The van der Waals surface area contributed by atoms with Crippen LogP contribution in [0.15, 0.2) is 52.1 Å². The molecular formula is C16H19N3O3. The van der Waals surface area contributed by atoms with Crippen molar-refractivity contribution in [2.45, 2.75) is 13.5 Å². The predicted molar refractivity (Wildman–Crippen MR) is 86.4 cm³/mol. The third-order valence-corrected chi connectivity index (χ3v) is 3.24. The molecule has 6 heteroatoms. The summed E-state index contributed by atoms with van der Waals surface area (Å²) < 4.78 is 10.1. The molecule has 6 nitrogen and oxygen atoms in total. The number of ether oxygens (including phenoxy) is 1. The minimum absolute atomic E-state index is 0.103. The van der Waals surface area contributed by atoms with Crippen LogP contribution in [0.3, 0.4) is 0 Å². The summed E-state index contributed by atoms with van der Waals surface area (Å²) in [6.45, 7) is 2.03. The Morgan fingerprint density at radius 1 is 1.32 bits per heavy atom. The lowest BCUT2D eigenvalue weighted by Gasteiger charge is -2.18. The van der Waals surface area contributed by atoms with E-state index in [2.05, 4.69) is 10.3 Å². The molecule has 0 bridgehead atoms. The average Bonchev–Trinajstić information content (AvgIpc) is 3.05. The number of nitrogens with one attached hydrogen (secondary N) is 1. The Morgan fingerprint density at radius 3 is 2.64 bits per heavy atom. The van der Waals surface area contributed by atoms with E-state index in [1.54, 1.807) is 19.2 Å². The van der Waals surface area contributed by atoms with Gasteiger partial charge in [0.15, 0.2) is 6.61 Å². The standard InChI is InChI=1S/C16H19N3O3/c1-12(17-2)19(3)14-8-6-13(7-9-14)18-16(20)22-11-15-5-4-10-21-15/h4-10H,11H2,1-3H3,(H,18,20). The first kappa shape index (κ1) is 15.6. The molecule has 2 rings (SSSR count). The summed E-state index contributed by atoms with van der Waals surface area (Å²) in [7, 11) is 3.68. The molecule has 0 fully saturated rings. The number of aliphatic imine (C=N–C) groups is 1. The molecule has 0 radical (unpaired) electrons. The quantitative estimate of drug-likeness (QED) is 0.693. The molecule has 0 saturated heterocycles. The van der Waals surface area contributed by atoms with Crippen molar-refractivity contribution in [3.63, 3.8) is 0 Å². The Balaban J connectivity index is 1.89. The summed E-state index contributed by atoms with van der Waals surface area (Å²) in [6, 6.07) is 10.9. The highest BCUT2D eigenvalue weighted by Crippen LogP contribution is 2.17. The zero-order chi connectivity index (χ0) is 15.9. The van der Waals surface area contributed by atoms with Crippen molar-refractivity contribution in [2.24, 2.45) is 4.99 Å². The van der Waals surface area contributed by atoms with Crippen molar-refractivity contribution in [1.82, 2.24) is 0 Å². The molecule has 22 heavy (non-hydrogen) atoms. The molecule has 1 amide bonds. The molecule has 1 N–H and O–H groups in total. The fourth-order valence-corrected chi connectivity index (χ4v) is 1.79. The smallest absolute Gasteiger partial charge is 0.412 e. The largest absolute Gasteiger partial charge is 0.466 e. The van der Waals surface area contributed by atoms with Gasteiger partial charge in [-0.15, -0.1) is 0 Å². The Bertz CT molecular complexity index is 633. The van der Waals surface area contributed by atoms with Crippen molar-refractivity contribution < 1.29 is 13.9 Å². The van der Waals surface area contributed by atoms with E-state index < -0.39 is 6.09 Å². The lowest BCUT2D eigenvalue weighted by Crippen LogP contribution is -2.23. The van der Waals surface area contributed by atoms with E-state index in [0.717, 1.165) is 11.5 Å². The molecule has 0 aliphatic carbocycles. The number of anilines is 2. The van der Waals surface area contributed by atoms with Crippen molar-refractivity contribution >= 4 is 23.3 Å². The van der Waals surface area contributed by atoms with Crippen molar-refractivity contribution in [2.75, 3.05) is 24.3 Å². The second-order valence-electron chi connectivity index (χ2n) is 4.66. The number of furan rings is 1. The zero-order valence-electron chi connectivity index (χ0n) is 12.9. The molecule has 1 aromatic carbocycles. The van der Waals surface area contributed by atoms with Crippen LogP contribution in [0.5, 0.6) is 0 Å². The molecule has 0 unspecified atom stereocenters. The van der Waals surface area contributed by atoms with Gasteiger partial charge in [0.1, 0.15) is 5.76 Å². The van der Waals surface area contributed by atoms with Crippen LogP contribution >= 0.6 is 0 Å². The van der Waals surface area contributed by atoms with E-state index in [9.17, 15) is 4.79 Å². The van der Waals surface area contributed by atoms with Crippen LogP contribution in [0.2, 0.25) is 0 Å². The molecule has 0 aliphatic heterocycles. The van der Waals surface area contributed by atoms with E-state index in [0.29, 0.717) is 11.4 Å². The predicted octanol–water partition coefficient (Wildman–Crippen LogP) is 3.51. The number of benzene rings is 1. The minimum atomic E-state index is -0.524. The monoisotopic (exact) mass is 301 g/mol. The van der Waals surface area contributed by atoms with E-state index in [-0.39, 0.29) is 6.61 Å². The minimum Gasteiger partial charge on any atom is -0.466 e. The summed E-state index contributed by atoms with van der Waals surface area (Å²) in [5.41, 5.74) is 1.64. The number of hydrogen-bond acceptors (Lipinski definition) is 4. The molecule has 0 spiro atoms. The normalized spacial score (nSPS) is 11.1. The van der Waals surface area contributed by atoms with Gasteiger partial charge in [-0.2, -0.15) is 0 Å². The lowest BCUT2D eigenvalue weighted by atomic mass is 10.2. The Labute approximate surface area is 129 Å². The number of amidine groups is 1. The third kappa shape index (κ3) is 4.12. The molecule has 0 saturated carbocycles. The number of hydrogen-bond donors (Lipinski definition) is 1. The topological polar surface area (TPSA) is 67.1 Å². The van der Waals surface area contributed by atoms with Gasteiger partial charge in [-0.1, -0.05) is 0 Å². The van der Waals surface area contributed by atoms with E-state index in [1.807, 2.05) is 43.1 Å². The van der Waals surface area contributed by atoms with Gasteiger partial charge in [-0.05, 0) is 43.3 Å². The first-order valence-corrected chi connectivity index (χ1v) is 6.83. The number of nitrogens with zero attached hydrogens (tertiary/aromatic N) is 2. The van der Waals surface area contributed by atoms with Gasteiger partial charge < -0.3 is 14.1 Å². The summed E-state index contributed by atoms with van der Waals surface area (Å²) >= 11 is 0. The SMILES string of the molecule is CN=C(C)N(C)c1ccc(NC(=O)OCc2ccco2)cc1. The number of carbonyl (C=O) groups is 1. The molecule has 116 valence electrons. The molecule has 1 heterocycles. The van der Waals surface area contributed by atoms with Gasteiger partial charge >= 0.3 is 6.09 Å². The fourth-order valence-electron chi connectivity index (χ4n) is 1.79. The van der Waals surface area contributed by atoms with Gasteiger partial charge in [0, 0.05) is 25.5 Å². The maximum atomic E-state index is 11.7. The molecular weight excluding hydrogens is 282 g/mol. The lowest BCUT2D eigenvalue weighted by molar-refractivity contribution is 0.146. The Morgan fingerprint density at radius 2 is 2.05 bits per heavy atom. The fraction of sp³-hybridized carbons (Fsp3) is 0.250. The summed E-state index contributed by atoms with van der Waals surface area (Å²) in [5, 5.41) is 2.66. The van der Waals surface area contributed by atoms with Crippen molar-refractivity contribution in [3.8, 4) is 0 Å². The van der Waals surface area contributed by atoms with Crippen LogP contribution in [0.25, 0.3) is 0 Å². The van der Waals surface area contributed by atoms with Crippen LogP contribution in [0.4, 0.5) is 16.2 Å². The maximum Gasteiger partial charge on any atom is 0.412 e. The number of amides is 1. The van der Waals surface area contributed by atoms with Gasteiger partial charge in [0.2, 0.25) is 0 Å². The average molecular weight is 301 g/mol. The zero-order valence-corrected chi connectivity index (χ0v) is 12.9. The molecule has 2 aromatic rings. The van der Waals surface area contributed by atoms with Gasteiger partial charge in [-0.3, -0.25) is 10.3 Å². The first-order valence-electron chi connectivity index (χ1n) is 6.83. The summed E-state index contributed by atoms with van der Waals surface area (Å²) in [6.07, 6.45) is 1.01. The van der Waals surface area contributed by atoms with E-state index >= 15 is 0 Å². The van der Waals surface area contributed by atoms with Crippen LogP contribution < -0.4 is 10.2 Å². The molecule has 0 atom stereocenters. The van der Waals surface area contributed by atoms with Gasteiger partial charge in [0.05, 0.1) is 12.1 Å². The molecule has 1 aromatic heterocycles. The van der Waals surface area contributed by atoms with E-state index in [4.69, 9.17) is 9.15 Å². The van der Waals surface area contributed by atoms with Crippen LogP contribution in [-0.2, 0) is 11.3 Å². The van der Waals surface area contributed by atoms with Crippen LogP contribution in [-0.4, -0.2) is 26.0 Å². The molecule has 0 aliphatic rings. The Hall–Kier alpha value is -2.76. The number of carbonyl (C=O) groups excluding carboxylic acids is 1. The summed E-state index contributed by atoms with van der Waals surface area (Å²) in [4.78, 5) is 17.8. The van der Waals surface area contributed by atoms with E-state index in [1.165, 1.54) is 6.26 Å². The van der Waals surface area contributed by atoms with Gasteiger partial charge in [-0.25, -0.2) is 4.79 Å². The highest BCUT2D eigenvalue weighted by molar-refractivity contribution is 5.95. The highest BCUT2D eigenvalue weighted by atomic mass is 16.6. The van der Waals surface area contributed by atoms with Crippen LogP contribution in [0, 0.1) is 0 Å². The second-order valence-corrected chi connectivity index (χ2v) is 4.66. The summed E-state index contributed by atoms with van der Waals surface area (Å²) in [5.74, 6) is 1.50. The van der Waals surface area contributed by atoms with Crippen molar-refractivity contribution in [3.05, 3.63) is 48.4 Å². The van der Waals surface area contributed by atoms with Crippen LogP contribution in [0.1, 0.15) is 12.7 Å². The Kier molecular flexibility index (Phi) is 5.19. The highest BCUT2D eigenvalue weighted by Gasteiger charge is 2.07. The van der Waals surface area contributed by atoms with Gasteiger partial charge in [0.25, 0.3) is 0 Å².